The van der Waals surface area contributed by atoms with Gasteiger partial charge in [0, 0.05) is 0 Å². The Labute approximate surface area is 59.1 Å². The highest BCUT2D eigenvalue weighted by Crippen LogP contribution is 2.32. The molecular weight excluding hydrogens is 171 g/mol. The van der Waals surface area contributed by atoms with Gasteiger partial charge in [0.25, 0.3) is 0 Å². The topological polar surface area (TPSA) is 20.2 Å². The second-order valence-electron chi connectivity index (χ2n) is 1.87. The normalized spacial score (nSPS) is 14.5. The van der Waals surface area contributed by atoms with Gasteiger partial charge in [-0.05, 0) is 6.92 Å². The van der Waals surface area contributed by atoms with Crippen molar-refractivity contribution in [3.63, 3.8) is 0 Å². The summed E-state index contributed by atoms with van der Waals surface area (Å²) in [4.78, 5) is 0. The Bertz CT molecular complexity index is 170. The molecule has 0 aromatic rings. The van der Waals surface area contributed by atoms with Crippen LogP contribution in [0.15, 0.2) is 11.9 Å². The molecule has 0 aromatic carbocycles. The highest BCUT2D eigenvalue weighted by Gasteiger charge is 2.43. The van der Waals surface area contributed by atoms with Crippen LogP contribution in [-0.4, -0.2) is 17.1 Å². The Morgan fingerprint density at radius 2 is 1.64 bits per heavy atom. The fourth-order valence-corrected chi connectivity index (χ4v) is 0.309. The van der Waals surface area contributed by atoms with E-state index in [1.807, 2.05) is 0 Å². The minimum absolute atomic E-state index is 0.516. The lowest BCUT2D eigenvalue weighted by Gasteiger charge is -2.15. The summed E-state index contributed by atoms with van der Waals surface area (Å²) in [6.45, 7) is 0.516. The molecule has 0 saturated carbocycles. The summed E-state index contributed by atoms with van der Waals surface area (Å²) in [5.41, 5.74) is 0. The third-order valence-electron chi connectivity index (χ3n) is 0.983. The molecule has 11 heavy (non-hydrogen) atoms. The first-order valence-corrected chi connectivity index (χ1v) is 2.57. The molecule has 0 aliphatic heterocycles. The maximum absolute atomic E-state index is 12.0. The Hall–Kier alpha value is -0.650. The van der Waals surface area contributed by atoms with Gasteiger partial charge in [-0.25, -0.2) is 0 Å². The van der Waals surface area contributed by atoms with Crippen LogP contribution in [0, 0.1) is 0 Å². The minimum Gasteiger partial charge on any atom is -0.387 e. The van der Waals surface area contributed by atoms with Crippen molar-refractivity contribution in [2.45, 2.75) is 19.0 Å². The van der Waals surface area contributed by atoms with Crippen molar-refractivity contribution >= 4 is 0 Å². The first-order chi connectivity index (χ1) is 4.80. The average Bonchev–Trinajstić information content (AvgIpc) is 1.85. The van der Waals surface area contributed by atoms with Crippen molar-refractivity contribution in [1.29, 1.82) is 0 Å². The third-order valence-corrected chi connectivity index (χ3v) is 0.983. The largest absolute Gasteiger partial charge is 0.387 e. The molecule has 0 aliphatic rings. The maximum atomic E-state index is 12.0. The van der Waals surface area contributed by atoms with Gasteiger partial charge in [-0.2, -0.15) is 22.0 Å². The smallest absolute Gasteiger partial charge is 0.329 e. The maximum Gasteiger partial charge on any atom is 0.329 e. The van der Waals surface area contributed by atoms with E-state index < -0.39 is 23.9 Å². The SMILES string of the molecule is CC(O)C(F)(F)C(F)=C(F)F. The van der Waals surface area contributed by atoms with Crippen LogP contribution in [0.5, 0.6) is 0 Å². The summed E-state index contributed by atoms with van der Waals surface area (Å²) >= 11 is 0. The summed E-state index contributed by atoms with van der Waals surface area (Å²) in [5, 5.41) is 8.14. The quantitative estimate of drug-likeness (QED) is 0.638. The number of aliphatic hydroxyl groups excluding tert-OH is 1. The third kappa shape index (κ3) is 2.14. The van der Waals surface area contributed by atoms with Crippen LogP contribution in [0.3, 0.4) is 0 Å². The molecule has 0 saturated heterocycles. The van der Waals surface area contributed by atoms with E-state index in [0.717, 1.165) is 0 Å². The highest BCUT2D eigenvalue weighted by molar-refractivity contribution is 5.06. The Kier molecular flexibility index (Phi) is 2.98. The van der Waals surface area contributed by atoms with E-state index in [1.54, 1.807) is 0 Å². The molecule has 1 atom stereocenters. The zero-order chi connectivity index (χ0) is 9.23. The van der Waals surface area contributed by atoms with E-state index in [0.29, 0.717) is 6.92 Å². The number of hydrogen-bond donors (Lipinski definition) is 1. The van der Waals surface area contributed by atoms with Crippen LogP contribution < -0.4 is 0 Å². The lowest BCUT2D eigenvalue weighted by atomic mass is 10.2. The molecule has 1 N–H and O–H groups in total. The average molecular weight is 176 g/mol. The second-order valence-corrected chi connectivity index (χ2v) is 1.87. The predicted molar refractivity (Wildman–Crippen MR) is 27.0 cm³/mol. The zero-order valence-electron chi connectivity index (χ0n) is 5.41. The molecule has 0 bridgehead atoms. The molecule has 0 aromatic heterocycles. The standard InChI is InChI=1S/C5H5F5O/c1-2(11)5(9,10)3(6)4(7)8/h2,11H,1H3. The van der Waals surface area contributed by atoms with Crippen molar-refractivity contribution < 1.29 is 27.1 Å². The van der Waals surface area contributed by atoms with E-state index in [1.165, 1.54) is 0 Å². The van der Waals surface area contributed by atoms with Crippen molar-refractivity contribution in [3.8, 4) is 0 Å². The highest BCUT2D eigenvalue weighted by atomic mass is 19.3. The van der Waals surface area contributed by atoms with Crippen LogP contribution in [0.4, 0.5) is 22.0 Å². The molecule has 1 unspecified atom stereocenters. The summed E-state index contributed by atoms with van der Waals surface area (Å²) in [7, 11) is 0. The van der Waals surface area contributed by atoms with Gasteiger partial charge in [0.15, 0.2) is 0 Å². The molecule has 0 fully saturated rings. The lowest BCUT2D eigenvalue weighted by molar-refractivity contribution is -0.0872. The predicted octanol–water partition coefficient (Wildman–Crippen LogP) is 2.08. The van der Waals surface area contributed by atoms with E-state index in [2.05, 4.69) is 0 Å². The van der Waals surface area contributed by atoms with Gasteiger partial charge in [0.1, 0.15) is 6.10 Å². The number of alkyl halides is 2. The minimum atomic E-state index is -4.50. The summed E-state index contributed by atoms with van der Waals surface area (Å²) in [6.07, 6.45) is -5.58. The first kappa shape index (κ1) is 10.3. The molecular formula is C5H5F5O. The van der Waals surface area contributed by atoms with E-state index >= 15 is 0 Å². The van der Waals surface area contributed by atoms with Crippen LogP contribution >= 0.6 is 0 Å². The first-order valence-electron chi connectivity index (χ1n) is 2.57. The van der Waals surface area contributed by atoms with Gasteiger partial charge in [-0.1, -0.05) is 0 Å². The number of aliphatic hydroxyl groups is 1. The molecule has 0 spiro atoms. The van der Waals surface area contributed by atoms with E-state index in [-0.39, 0.29) is 0 Å². The van der Waals surface area contributed by atoms with Gasteiger partial charge in [0.2, 0.25) is 5.83 Å². The van der Waals surface area contributed by atoms with Crippen LogP contribution in [0.1, 0.15) is 6.92 Å². The fraction of sp³-hybridized carbons (Fsp3) is 0.600. The summed E-state index contributed by atoms with van der Waals surface area (Å²) in [6, 6.07) is 0. The van der Waals surface area contributed by atoms with E-state index in [9.17, 15) is 22.0 Å². The van der Waals surface area contributed by atoms with Crippen molar-refractivity contribution in [3.05, 3.63) is 11.9 Å². The van der Waals surface area contributed by atoms with Gasteiger partial charge in [-0.3, -0.25) is 0 Å². The number of rotatable bonds is 2. The van der Waals surface area contributed by atoms with Crippen LogP contribution in [-0.2, 0) is 0 Å². The summed E-state index contributed by atoms with van der Waals surface area (Å²) < 4.78 is 58.2. The van der Waals surface area contributed by atoms with Crippen molar-refractivity contribution in [1.82, 2.24) is 0 Å². The molecule has 0 heterocycles. The molecule has 6 heteroatoms. The molecule has 66 valence electrons. The van der Waals surface area contributed by atoms with Gasteiger partial charge in [-0.15, -0.1) is 0 Å². The fourth-order valence-electron chi connectivity index (χ4n) is 0.309. The summed E-state index contributed by atoms with van der Waals surface area (Å²) in [5.74, 6) is -7.38. The van der Waals surface area contributed by atoms with Gasteiger partial charge < -0.3 is 5.11 Å². The van der Waals surface area contributed by atoms with Crippen molar-refractivity contribution in [2.75, 3.05) is 0 Å². The molecule has 0 radical (unpaired) electrons. The van der Waals surface area contributed by atoms with Crippen molar-refractivity contribution in [2.24, 2.45) is 0 Å². The van der Waals surface area contributed by atoms with Crippen LogP contribution in [0.25, 0.3) is 0 Å². The molecule has 0 aliphatic carbocycles. The van der Waals surface area contributed by atoms with Crippen LogP contribution in [0.2, 0.25) is 0 Å². The zero-order valence-corrected chi connectivity index (χ0v) is 5.41. The van der Waals surface area contributed by atoms with Gasteiger partial charge >= 0.3 is 12.0 Å². The monoisotopic (exact) mass is 176 g/mol. The molecule has 0 amide bonds. The van der Waals surface area contributed by atoms with E-state index in [4.69, 9.17) is 5.11 Å². The molecule has 0 rings (SSSR count). The second kappa shape index (κ2) is 3.17. The Morgan fingerprint density at radius 1 is 1.27 bits per heavy atom. The molecule has 1 nitrogen and oxygen atoms in total. The van der Waals surface area contributed by atoms with Gasteiger partial charge in [0.05, 0.1) is 0 Å². The number of halogens is 5. The Balaban J connectivity index is 4.70. The Morgan fingerprint density at radius 3 is 1.73 bits per heavy atom. The lowest BCUT2D eigenvalue weighted by Crippen LogP contribution is -2.31. The number of hydrogen-bond acceptors (Lipinski definition) is 1.